The minimum atomic E-state index is -3.70. The number of nitriles is 1. The second-order valence-electron chi connectivity index (χ2n) is 8.00. The number of aromatic nitrogens is 2. The van der Waals surface area contributed by atoms with Crippen molar-refractivity contribution in [2.45, 2.75) is 38.1 Å². The quantitative estimate of drug-likeness (QED) is 0.182. The van der Waals surface area contributed by atoms with Crippen molar-refractivity contribution in [2.75, 3.05) is 11.9 Å². The molecule has 10 nitrogen and oxygen atoms in total. The molecule has 0 radical (unpaired) electrons. The number of rotatable bonds is 9. The lowest BCUT2D eigenvalue weighted by atomic mass is 10.1. The Labute approximate surface area is 218 Å². The lowest BCUT2D eigenvalue weighted by Crippen LogP contribution is -2.16. The van der Waals surface area contributed by atoms with Gasteiger partial charge in [-0.3, -0.25) is 10.1 Å². The van der Waals surface area contributed by atoms with Gasteiger partial charge in [0, 0.05) is 11.5 Å². The molecular formula is C25H24N4O6S2. The summed E-state index contributed by atoms with van der Waals surface area (Å²) in [7, 11) is -3.70. The van der Waals surface area contributed by atoms with Crippen molar-refractivity contribution in [3.8, 4) is 17.6 Å². The van der Waals surface area contributed by atoms with Gasteiger partial charge in [0.15, 0.2) is 11.5 Å². The first-order valence-corrected chi connectivity index (χ1v) is 13.4. The van der Waals surface area contributed by atoms with Crippen LogP contribution < -0.4 is 14.8 Å². The van der Waals surface area contributed by atoms with Crippen LogP contribution in [0.25, 0.3) is 6.08 Å². The van der Waals surface area contributed by atoms with E-state index in [1.807, 2.05) is 19.1 Å². The molecule has 192 valence electrons. The van der Waals surface area contributed by atoms with Gasteiger partial charge in [-0.2, -0.15) is 14.6 Å². The highest BCUT2D eigenvalue weighted by Gasteiger charge is 2.25. The molecule has 0 saturated carbocycles. The molecule has 0 fully saturated rings. The number of carbonyl (C=O) groups is 2. The molecule has 12 heteroatoms. The summed E-state index contributed by atoms with van der Waals surface area (Å²) < 4.78 is 39.3. The summed E-state index contributed by atoms with van der Waals surface area (Å²) in [4.78, 5) is 29.1. The van der Waals surface area contributed by atoms with Gasteiger partial charge in [-0.05, 0) is 63.6 Å². The first kappa shape index (κ1) is 27.5. The van der Waals surface area contributed by atoms with Crippen molar-refractivity contribution in [2.24, 2.45) is 0 Å². The van der Waals surface area contributed by atoms with Crippen molar-refractivity contribution in [1.82, 2.24) is 9.36 Å². The summed E-state index contributed by atoms with van der Waals surface area (Å²) in [6.07, 6.45) is 1.32. The first-order chi connectivity index (χ1) is 17.5. The molecule has 2 aromatic carbocycles. The molecule has 0 spiro atoms. The molecule has 0 aliphatic carbocycles. The van der Waals surface area contributed by atoms with Gasteiger partial charge in [-0.25, -0.2) is 13.2 Å². The Morgan fingerprint density at radius 2 is 1.95 bits per heavy atom. The Kier molecular flexibility index (Phi) is 8.75. The number of carbonyl (C=O) groups excluding carboxylic acids is 2. The van der Waals surface area contributed by atoms with E-state index in [2.05, 4.69) is 14.7 Å². The third kappa shape index (κ3) is 6.78. The molecule has 0 saturated heterocycles. The van der Waals surface area contributed by atoms with Gasteiger partial charge < -0.3 is 9.47 Å². The fourth-order valence-electron chi connectivity index (χ4n) is 2.96. The van der Waals surface area contributed by atoms with Gasteiger partial charge in [0.05, 0.1) is 17.4 Å². The topological polar surface area (TPSA) is 148 Å². The SMILES string of the molecule is CCOc1cc(C=C(C#N)C(=O)Nc2nc(S(=O)(=O)C(C)C)ns2)ccc1OC(=O)c1cccc(C)c1. The molecular weight excluding hydrogens is 516 g/mol. The van der Waals surface area contributed by atoms with Crippen molar-refractivity contribution in [1.29, 1.82) is 5.26 Å². The van der Waals surface area contributed by atoms with Crippen LogP contribution in [-0.2, 0) is 14.6 Å². The largest absolute Gasteiger partial charge is 0.490 e. The van der Waals surface area contributed by atoms with E-state index in [9.17, 15) is 23.3 Å². The average Bonchev–Trinajstić information content (AvgIpc) is 3.33. The van der Waals surface area contributed by atoms with E-state index in [1.165, 1.54) is 32.1 Å². The van der Waals surface area contributed by atoms with Crippen LogP contribution in [-0.4, -0.2) is 41.5 Å². The Bertz CT molecular complexity index is 1500. The van der Waals surface area contributed by atoms with Gasteiger partial charge >= 0.3 is 5.97 Å². The molecule has 0 aliphatic rings. The highest BCUT2D eigenvalue weighted by molar-refractivity contribution is 7.91. The molecule has 3 rings (SSSR count). The van der Waals surface area contributed by atoms with Crippen LogP contribution in [0.15, 0.2) is 53.2 Å². The van der Waals surface area contributed by atoms with Crippen molar-refractivity contribution < 1.29 is 27.5 Å². The van der Waals surface area contributed by atoms with Crippen molar-refractivity contribution in [3.63, 3.8) is 0 Å². The monoisotopic (exact) mass is 540 g/mol. The first-order valence-electron chi connectivity index (χ1n) is 11.1. The maximum atomic E-state index is 12.6. The minimum Gasteiger partial charge on any atom is -0.490 e. The predicted octanol–water partition coefficient (Wildman–Crippen LogP) is 4.19. The Balaban J connectivity index is 1.81. The van der Waals surface area contributed by atoms with Crippen molar-refractivity contribution in [3.05, 3.63) is 64.7 Å². The average molecular weight is 541 g/mol. The standard InChI is InChI=1S/C25H24N4O6S2/c1-5-34-21-13-17(9-10-20(21)35-23(31)18-8-6-7-16(4)11-18)12-19(14-26)22(30)27-24-28-25(29-36-24)37(32,33)15(2)3/h6-13,15H,5H2,1-4H3,(H,27,28,29,30). The number of aryl methyl sites for hydroxylation is 1. The summed E-state index contributed by atoms with van der Waals surface area (Å²) in [6, 6.07) is 13.4. The van der Waals surface area contributed by atoms with E-state index in [0.29, 0.717) is 22.7 Å². The number of hydrogen-bond acceptors (Lipinski definition) is 10. The van der Waals surface area contributed by atoms with Crippen LogP contribution in [0, 0.1) is 18.3 Å². The predicted molar refractivity (Wildman–Crippen MR) is 138 cm³/mol. The lowest BCUT2D eigenvalue weighted by molar-refractivity contribution is -0.112. The molecule has 0 atom stereocenters. The molecule has 0 aliphatic heterocycles. The highest BCUT2D eigenvalue weighted by atomic mass is 32.2. The van der Waals surface area contributed by atoms with Gasteiger partial charge in [0.1, 0.15) is 11.6 Å². The smallest absolute Gasteiger partial charge is 0.343 e. The van der Waals surface area contributed by atoms with Gasteiger partial charge in [-0.1, -0.05) is 23.8 Å². The summed E-state index contributed by atoms with van der Waals surface area (Å²) in [6.45, 7) is 6.90. The van der Waals surface area contributed by atoms with Crippen LogP contribution in [0.4, 0.5) is 5.13 Å². The fourth-order valence-corrected chi connectivity index (χ4v) is 4.66. The van der Waals surface area contributed by atoms with Crippen LogP contribution >= 0.6 is 11.5 Å². The summed E-state index contributed by atoms with van der Waals surface area (Å²) in [5.41, 5.74) is 1.46. The number of nitrogens with one attached hydrogen (secondary N) is 1. The fraction of sp³-hybridized carbons (Fsp3) is 0.240. The molecule has 1 amide bonds. The zero-order chi connectivity index (χ0) is 27.2. The number of benzene rings is 2. The maximum absolute atomic E-state index is 12.6. The van der Waals surface area contributed by atoms with Crippen LogP contribution in [0.2, 0.25) is 0 Å². The maximum Gasteiger partial charge on any atom is 0.343 e. The highest BCUT2D eigenvalue weighted by Crippen LogP contribution is 2.30. The van der Waals surface area contributed by atoms with E-state index in [1.54, 1.807) is 31.2 Å². The summed E-state index contributed by atoms with van der Waals surface area (Å²) in [5, 5.41) is 10.8. The van der Waals surface area contributed by atoms with E-state index in [-0.39, 0.29) is 34.0 Å². The van der Waals surface area contributed by atoms with Crippen LogP contribution in [0.5, 0.6) is 11.5 Å². The van der Waals surface area contributed by atoms with E-state index < -0.39 is 27.0 Å². The summed E-state index contributed by atoms with van der Waals surface area (Å²) in [5.74, 6) is -0.912. The second kappa shape index (κ2) is 11.8. The van der Waals surface area contributed by atoms with E-state index >= 15 is 0 Å². The lowest BCUT2D eigenvalue weighted by Gasteiger charge is -2.12. The molecule has 1 aromatic heterocycles. The number of amides is 1. The van der Waals surface area contributed by atoms with Gasteiger partial charge in [0.2, 0.25) is 15.0 Å². The molecule has 3 aromatic rings. The zero-order valence-corrected chi connectivity index (χ0v) is 22.1. The minimum absolute atomic E-state index is 0.0567. The number of hydrogen-bond donors (Lipinski definition) is 1. The second-order valence-corrected chi connectivity index (χ2v) is 11.1. The van der Waals surface area contributed by atoms with Crippen molar-refractivity contribution >= 4 is 44.5 Å². The van der Waals surface area contributed by atoms with Gasteiger partial charge in [0.25, 0.3) is 11.1 Å². The Morgan fingerprint density at radius 1 is 1.19 bits per heavy atom. The molecule has 0 unspecified atom stereocenters. The molecule has 37 heavy (non-hydrogen) atoms. The molecule has 1 N–H and O–H groups in total. The van der Waals surface area contributed by atoms with Gasteiger partial charge in [-0.15, -0.1) is 0 Å². The number of esters is 1. The molecule has 1 heterocycles. The number of anilines is 1. The van der Waals surface area contributed by atoms with E-state index in [0.717, 1.165) is 5.56 Å². The number of ether oxygens (including phenoxy) is 2. The third-order valence-corrected chi connectivity index (χ3v) is 7.58. The number of sulfone groups is 1. The number of nitrogens with zero attached hydrogens (tertiary/aromatic N) is 3. The van der Waals surface area contributed by atoms with Crippen LogP contribution in [0.1, 0.15) is 42.3 Å². The zero-order valence-electron chi connectivity index (χ0n) is 20.5. The van der Waals surface area contributed by atoms with E-state index in [4.69, 9.17) is 9.47 Å². The molecule has 0 bridgehead atoms. The Morgan fingerprint density at radius 3 is 2.59 bits per heavy atom. The summed E-state index contributed by atoms with van der Waals surface area (Å²) >= 11 is 0.695. The van der Waals surface area contributed by atoms with Crippen LogP contribution in [0.3, 0.4) is 0 Å². The normalized spacial score (nSPS) is 11.6. The Hall–Kier alpha value is -4.08. The third-order valence-electron chi connectivity index (χ3n) is 4.90.